The molecule has 1 aromatic rings. The molecule has 2 rings (SSSR count). The molecule has 0 aromatic heterocycles. The molecule has 0 unspecified atom stereocenters. The van der Waals surface area contributed by atoms with Crippen molar-refractivity contribution in [2.24, 2.45) is 10.9 Å². The number of hydrogen-bond acceptors (Lipinski definition) is 3. The van der Waals surface area contributed by atoms with Gasteiger partial charge in [0.15, 0.2) is 15.8 Å². The highest BCUT2D eigenvalue weighted by Crippen LogP contribution is 2.25. The first-order chi connectivity index (χ1) is 12.0. The highest BCUT2D eigenvalue weighted by atomic mass is 32.2. The predicted molar refractivity (Wildman–Crippen MR) is 104 cm³/mol. The molecule has 0 aliphatic heterocycles. The van der Waals surface area contributed by atoms with Crippen LogP contribution in [-0.2, 0) is 16.3 Å². The molecule has 25 heavy (non-hydrogen) atoms. The Kier molecular flexibility index (Phi) is 7.75. The summed E-state index contributed by atoms with van der Waals surface area (Å²) in [5.41, 5.74) is 1.11. The Morgan fingerprint density at radius 1 is 1.08 bits per heavy atom. The number of aliphatic imine (C=N–C) groups is 1. The van der Waals surface area contributed by atoms with E-state index in [0.717, 1.165) is 37.0 Å². The Morgan fingerprint density at radius 2 is 1.72 bits per heavy atom. The van der Waals surface area contributed by atoms with Gasteiger partial charge < -0.3 is 10.6 Å². The van der Waals surface area contributed by atoms with Gasteiger partial charge in [-0.2, -0.15) is 0 Å². The lowest BCUT2D eigenvalue weighted by Gasteiger charge is -2.22. The molecule has 1 aliphatic carbocycles. The van der Waals surface area contributed by atoms with Crippen molar-refractivity contribution in [2.75, 3.05) is 26.4 Å². The Hall–Kier alpha value is -1.56. The van der Waals surface area contributed by atoms with E-state index >= 15 is 0 Å². The van der Waals surface area contributed by atoms with Gasteiger partial charge in [-0.25, -0.2) is 8.42 Å². The van der Waals surface area contributed by atoms with E-state index in [2.05, 4.69) is 15.6 Å². The number of hydrogen-bond donors (Lipinski definition) is 2. The van der Waals surface area contributed by atoms with Crippen molar-refractivity contribution in [1.82, 2.24) is 10.6 Å². The van der Waals surface area contributed by atoms with Gasteiger partial charge in [-0.1, -0.05) is 44.2 Å². The van der Waals surface area contributed by atoms with Crippen LogP contribution in [0.25, 0.3) is 0 Å². The van der Waals surface area contributed by atoms with Gasteiger partial charge in [0.1, 0.15) is 0 Å². The Labute approximate surface area is 152 Å². The molecule has 2 N–H and O–H groups in total. The van der Waals surface area contributed by atoms with Crippen LogP contribution in [0, 0.1) is 5.92 Å². The van der Waals surface area contributed by atoms with E-state index < -0.39 is 9.84 Å². The smallest absolute Gasteiger partial charge is 0.190 e. The third kappa shape index (κ3) is 7.06. The van der Waals surface area contributed by atoms with E-state index in [-0.39, 0.29) is 0 Å². The Balaban J connectivity index is 1.68. The topological polar surface area (TPSA) is 70.6 Å². The van der Waals surface area contributed by atoms with Crippen molar-refractivity contribution in [2.45, 2.75) is 49.8 Å². The molecule has 140 valence electrons. The second kappa shape index (κ2) is 9.80. The molecule has 0 saturated heterocycles. The lowest BCUT2D eigenvalue weighted by molar-refractivity contribution is 0.339. The number of sulfone groups is 1. The van der Waals surface area contributed by atoms with Crippen LogP contribution in [0.15, 0.2) is 34.2 Å². The summed E-state index contributed by atoms with van der Waals surface area (Å²) >= 11 is 0. The van der Waals surface area contributed by atoms with Crippen molar-refractivity contribution in [3.8, 4) is 0 Å². The van der Waals surface area contributed by atoms with Crippen LogP contribution in [0.3, 0.4) is 0 Å². The average Bonchev–Trinajstić information content (AvgIpc) is 2.61. The van der Waals surface area contributed by atoms with E-state index in [1.807, 2.05) is 12.1 Å². The summed E-state index contributed by atoms with van der Waals surface area (Å²) in [7, 11) is -1.33. The normalized spacial score (nSPS) is 16.6. The van der Waals surface area contributed by atoms with Gasteiger partial charge in [0.2, 0.25) is 0 Å². The van der Waals surface area contributed by atoms with E-state index in [4.69, 9.17) is 0 Å². The molecule has 1 aliphatic rings. The van der Waals surface area contributed by atoms with Crippen LogP contribution in [0.1, 0.15) is 44.1 Å². The SMILES string of the molecule is CN=C(NCCc1ccc(S(C)(=O)=O)cc1)NCCC1CCCCC1. The standard InChI is InChI=1S/C19H31N3O2S/c1-20-19(21-14-12-16-6-4-3-5-7-16)22-15-13-17-8-10-18(11-9-17)25(2,23)24/h8-11,16H,3-7,12-15H2,1-2H3,(H2,20,21,22). The fraction of sp³-hybridized carbons (Fsp3) is 0.632. The van der Waals surface area contributed by atoms with Gasteiger partial charge >= 0.3 is 0 Å². The summed E-state index contributed by atoms with van der Waals surface area (Å²) in [6.07, 6.45) is 10.2. The molecular weight excluding hydrogens is 334 g/mol. The van der Waals surface area contributed by atoms with Gasteiger partial charge in [0.25, 0.3) is 0 Å². The second-order valence-corrected chi connectivity index (χ2v) is 8.90. The summed E-state index contributed by atoms with van der Waals surface area (Å²) in [4.78, 5) is 4.63. The van der Waals surface area contributed by atoms with Gasteiger partial charge in [-0.05, 0) is 36.5 Å². The van der Waals surface area contributed by atoms with Crippen LogP contribution in [0.2, 0.25) is 0 Å². The van der Waals surface area contributed by atoms with Crippen LogP contribution in [0.4, 0.5) is 0 Å². The minimum absolute atomic E-state index is 0.365. The molecule has 0 heterocycles. The molecule has 0 atom stereocenters. The van der Waals surface area contributed by atoms with Crippen molar-refractivity contribution in [3.63, 3.8) is 0 Å². The molecule has 6 heteroatoms. The Bertz CT molecular complexity index is 648. The third-order valence-corrected chi connectivity index (χ3v) is 5.98. The molecular formula is C19H31N3O2S. The van der Waals surface area contributed by atoms with Crippen molar-refractivity contribution >= 4 is 15.8 Å². The zero-order valence-electron chi connectivity index (χ0n) is 15.4. The van der Waals surface area contributed by atoms with E-state index in [1.54, 1.807) is 19.2 Å². The zero-order chi connectivity index (χ0) is 18.1. The second-order valence-electron chi connectivity index (χ2n) is 6.88. The zero-order valence-corrected chi connectivity index (χ0v) is 16.2. The minimum atomic E-state index is -3.12. The van der Waals surface area contributed by atoms with Crippen LogP contribution in [-0.4, -0.2) is 40.8 Å². The molecule has 0 amide bonds. The Morgan fingerprint density at radius 3 is 2.32 bits per heavy atom. The molecule has 0 radical (unpaired) electrons. The van der Waals surface area contributed by atoms with Crippen LogP contribution < -0.4 is 10.6 Å². The number of nitrogens with zero attached hydrogens (tertiary/aromatic N) is 1. The first-order valence-electron chi connectivity index (χ1n) is 9.22. The molecule has 0 bridgehead atoms. The molecule has 5 nitrogen and oxygen atoms in total. The third-order valence-electron chi connectivity index (χ3n) is 4.85. The van der Waals surface area contributed by atoms with Gasteiger partial charge in [-0.15, -0.1) is 0 Å². The fourth-order valence-electron chi connectivity index (χ4n) is 3.32. The number of nitrogens with one attached hydrogen (secondary N) is 2. The summed E-state index contributed by atoms with van der Waals surface area (Å²) in [6.45, 7) is 1.73. The number of rotatable bonds is 7. The van der Waals surface area contributed by atoms with Crippen molar-refractivity contribution in [3.05, 3.63) is 29.8 Å². The maximum atomic E-state index is 11.5. The molecule has 1 saturated carbocycles. The largest absolute Gasteiger partial charge is 0.356 e. The lowest BCUT2D eigenvalue weighted by Crippen LogP contribution is -2.39. The molecule has 0 spiro atoms. The number of guanidine groups is 1. The predicted octanol–water partition coefficient (Wildman–Crippen LogP) is 2.77. The first-order valence-corrected chi connectivity index (χ1v) is 11.1. The van der Waals surface area contributed by atoms with E-state index in [1.165, 1.54) is 44.8 Å². The average molecular weight is 366 g/mol. The van der Waals surface area contributed by atoms with E-state index in [0.29, 0.717) is 4.90 Å². The lowest BCUT2D eigenvalue weighted by atomic mass is 9.87. The maximum Gasteiger partial charge on any atom is 0.190 e. The van der Waals surface area contributed by atoms with Crippen LogP contribution >= 0.6 is 0 Å². The van der Waals surface area contributed by atoms with E-state index in [9.17, 15) is 8.42 Å². The highest BCUT2D eigenvalue weighted by Gasteiger charge is 2.12. The monoisotopic (exact) mass is 365 g/mol. The molecule has 1 fully saturated rings. The number of benzene rings is 1. The van der Waals surface area contributed by atoms with Crippen molar-refractivity contribution in [1.29, 1.82) is 0 Å². The summed E-state index contributed by atoms with van der Waals surface area (Å²) in [5.74, 6) is 1.70. The highest BCUT2D eigenvalue weighted by molar-refractivity contribution is 7.90. The summed E-state index contributed by atoms with van der Waals surface area (Å²) in [5, 5.41) is 6.71. The summed E-state index contributed by atoms with van der Waals surface area (Å²) in [6, 6.07) is 7.08. The van der Waals surface area contributed by atoms with Crippen LogP contribution in [0.5, 0.6) is 0 Å². The maximum absolute atomic E-state index is 11.5. The minimum Gasteiger partial charge on any atom is -0.356 e. The fourth-order valence-corrected chi connectivity index (χ4v) is 3.95. The summed E-state index contributed by atoms with van der Waals surface area (Å²) < 4.78 is 22.9. The quantitative estimate of drug-likeness (QED) is 0.576. The van der Waals surface area contributed by atoms with Gasteiger partial charge in [0.05, 0.1) is 4.90 Å². The van der Waals surface area contributed by atoms with Crippen molar-refractivity contribution < 1.29 is 8.42 Å². The molecule has 1 aromatic carbocycles. The first kappa shape index (κ1) is 19.8. The van der Waals surface area contributed by atoms with Gasteiger partial charge in [-0.3, -0.25) is 4.99 Å². The van der Waals surface area contributed by atoms with Gasteiger partial charge in [0, 0.05) is 26.4 Å².